The van der Waals surface area contributed by atoms with E-state index in [1.54, 1.807) is 6.20 Å². The molecule has 0 radical (unpaired) electrons. The highest BCUT2D eigenvalue weighted by molar-refractivity contribution is 5.41. The van der Waals surface area contributed by atoms with Gasteiger partial charge < -0.3 is 19.3 Å². The van der Waals surface area contributed by atoms with Crippen LogP contribution in [-0.4, -0.2) is 65.8 Å². The maximum atomic E-state index is 5.78. The Morgan fingerprint density at radius 2 is 1.88 bits per heavy atom. The van der Waals surface area contributed by atoms with Crippen LogP contribution in [-0.2, 0) is 15.9 Å². The van der Waals surface area contributed by atoms with Gasteiger partial charge in [-0.2, -0.15) is 10.1 Å². The molecule has 0 bridgehead atoms. The van der Waals surface area contributed by atoms with Gasteiger partial charge in [0, 0.05) is 51.9 Å². The third-order valence-corrected chi connectivity index (χ3v) is 5.03. The summed E-state index contributed by atoms with van der Waals surface area (Å²) in [6.07, 6.45) is 7.95. The predicted molar refractivity (Wildman–Crippen MR) is 97.1 cm³/mol. The van der Waals surface area contributed by atoms with E-state index in [1.165, 1.54) is 5.56 Å². The molecule has 0 atom stereocenters. The van der Waals surface area contributed by atoms with Crippen molar-refractivity contribution in [3.05, 3.63) is 36.3 Å². The van der Waals surface area contributed by atoms with Gasteiger partial charge in [-0.25, -0.2) is 0 Å². The molecular weight excluding hydrogens is 332 g/mol. The van der Waals surface area contributed by atoms with E-state index in [1.807, 2.05) is 31.6 Å². The van der Waals surface area contributed by atoms with E-state index in [4.69, 9.17) is 14.5 Å². The molecule has 2 aliphatic rings. The van der Waals surface area contributed by atoms with Gasteiger partial charge in [0.1, 0.15) is 0 Å². The van der Waals surface area contributed by atoms with Crippen LogP contribution < -0.4 is 9.80 Å². The molecule has 2 saturated heterocycles. The van der Waals surface area contributed by atoms with Gasteiger partial charge in [-0.15, -0.1) is 5.10 Å². The number of aromatic nitrogens is 4. The predicted octanol–water partition coefficient (Wildman–Crippen LogP) is 1.29. The molecule has 0 unspecified atom stereocenters. The zero-order chi connectivity index (χ0) is 17.8. The molecule has 0 aromatic carbocycles. The normalized spacial score (nSPS) is 19.0. The third kappa shape index (κ3) is 3.76. The molecule has 2 aromatic heterocycles. The highest BCUT2D eigenvalue weighted by Crippen LogP contribution is 2.32. The summed E-state index contributed by atoms with van der Waals surface area (Å²) >= 11 is 0. The number of ether oxygens (including phenoxy) is 2. The second-order valence-corrected chi connectivity index (χ2v) is 6.74. The van der Waals surface area contributed by atoms with Crippen LogP contribution in [0.3, 0.4) is 0 Å². The molecule has 2 fully saturated rings. The van der Waals surface area contributed by atoms with E-state index < -0.39 is 0 Å². The number of anilines is 2. The van der Waals surface area contributed by atoms with Crippen LogP contribution in [0.5, 0.6) is 0 Å². The molecule has 8 nitrogen and oxygen atoms in total. The minimum absolute atomic E-state index is 0.386. The monoisotopic (exact) mass is 356 g/mol. The fraction of sp³-hybridized carbons (Fsp3) is 0.556. The van der Waals surface area contributed by atoms with Gasteiger partial charge in [0.2, 0.25) is 5.95 Å². The number of rotatable bonds is 5. The summed E-state index contributed by atoms with van der Waals surface area (Å²) in [5, 5.41) is 8.38. The second-order valence-electron chi connectivity index (χ2n) is 6.74. The summed E-state index contributed by atoms with van der Waals surface area (Å²) in [5.74, 6) is 1.12. The Balaban J connectivity index is 1.37. The molecular formula is C18H24N6O2. The molecule has 0 amide bonds. The lowest BCUT2D eigenvalue weighted by molar-refractivity contribution is -0.169. The van der Waals surface area contributed by atoms with Crippen LogP contribution in [0, 0.1) is 0 Å². The number of likely N-dealkylation sites (N-methyl/N-ethyl adjacent to an activating group) is 1. The number of piperidine rings is 1. The quantitative estimate of drug-likeness (QED) is 0.793. The van der Waals surface area contributed by atoms with Crippen molar-refractivity contribution in [2.45, 2.75) is 25.0 Å². The first-order valence-corrected chi connectivity index (χ1v) is 9.07. The Hall–Kier alpha value is -2.32. The van der Waals surface area contributed by atoms with Crippen LogP contribution in [0.15, 0.2) is 30.7 Å². The van der Waals surface area contributed by atoms with Gasteiger partial charge in [-0.05, 0) is 24.1 Å². The maximum Gasteiger partial charge on any atom is 0.247 e. The molecule has 4 rings (SSSR count). The summed E-state index contributed by atoms with van der Waals surface area (Å²) in [5.41, 5.74) is 1.26. The van der Waals surface area contributed by atoms with Crippen molar-refractivity contribution in [2.24, 2.45) is 0 Å². The highest BCUT2D eigenvalue weighted by Gasteiger charge is 2.40. The summed E-state index contributed by atoms with van der Waals surface area (Å²) in [7, 11) is 2.03. The van der Waals surface area contributed by atoms with E-state index >= 15 is 0 Å². The number of hydrogen-bond donors (Lipinski definition) is 0. The third-order valence-electron chi connectivity index (χ3n) is 5.03. The van der Waals surface area contributed by atoms with Crippen LogP contribution in [0.4, 0.5) is 11.8 Å². The van der Waals surface area contributed by atoms with Gasteiger partial charge >= 0.3 is 0 Å². The van der Waals surface area contributed by atoms with Gasteiger partial charge in [0.05, 0.1) is 19.4 Å². The molecule has 2 aromatic rings. The lowest BCUT2D eigenvalue weighted by atomic mass is 10.0. The average Bonchev–Trinajstić information content (AvgIpc) is 3.15. The fourth-order valence-electron chi connectivity index (χ4n) is 3.40. The van der Waals surface area contributed by atoms with Crippen molar-refractivity contribution in [3.8, 4) is 0 Å². The van der Waals surface area contributed by atoms with Gasteiger partial charge in [-0.1, -0.05) is 0 Å². The molecule has 0 aliphatic carbocycles. The number of hydrogen-bond acceptors (Lipinski definition) is 8. The van der Waals surface area contributed by atoms with Crippen LogP contribution in [0.2, 0.25) is 0 Å². The van der Waals surface area contributed by atoms with E-state index in [9.17, 15) is 0 Å². The SMILES string of the molecule is CN(CCc1ccncc1)c1cnnc(N2CCC3(CC2)OCCO3)n1. The first-order chi connectivity index (χ1) is 12.7. The topological polar surface area (TPSA) is 76.5 Å². The van der Waals surface area contributed by atoms with E-state index in [0.29, 0.717) is 19.2 Å². The summed E-state index contributed by atoms with van der Waals surface area (Å²) in [6, 6.07) is 4.07. The van der Waals surface area contributed by atoms with E-state index in [2.05, 4.69) is 25.0 Å². The first kappa shape index (κ1) is 17.1. The Morgan fingerprint density at radius 3 is 2.62 bits per heavy atom. The molecule has 0 saturated carbocycles. The minimum Gasteiger partial charge on any atom is -0.358 e. The number of pyridine rings is 1. The van der Waals surface area contributed by atoms with Gasteiger partial charge in [0.15, 0.2) is 11.6 Å². The highest BCUT2D eigenvalue weighted by atomic mass is 16.7. The Labute approximate surface area is 153 Å². The first-order valence-electron chi connectivity index (χ1n) is 9.07. The largest absolute Gasteiger partial charge is 0.358 e. The van der Waals surface area contributed by atoms with Gasteiger partial charge in [0.25, 0.3) is 0 Å². The number of nitrogens with zero attached hydrogens (tertiary/aromatic N) is 6. The fourth-order valence-corrected chi connectivity index (χ4v) is 3.40. The van der Waals surface area contributed by atoms with Crippen molar-refractivity contribution in [1.82, 2.24) is 20.2 Å². The summed E-state index contributed by atoms with van der Waals surface area (Å²) in [6.45, 7) is 3.86. The maximum absolute atomic E-state index is 5.78. The minimum atomic E-state index is -0.386. The van der Waals surface area contributed by atoms with Crippen molar-refractivity contribution in [2.75, 3.05) is 49.7 Å². The van der Waals surface area contributed by atoms with Crippen LogP contribution in [0.1, 0.15) is 18.4 Å². The van der Waals surface area contributed by atoms with Gasteiger partial charge in [-0.3, -0.25) is 4.98 Å². The van der Waals surface area contributed by atoms with Crippen molar-refractivity contribution in [1.29, 1.82) is 0 Å². The molecule has 26 heavy (non-hydrogen) atoms. The average molecular weight is 356 g/mol. The molecule has 4 heterocycles. The van der Waals surface area contributed by atoms with Crippen molar-refractivity contribution < 1.29 is 9.47 Å². The molecule has 8 heteroatoms. The zero-order valence-electron chi connectivity index (χ0n) is 15.0. The molecule has 2 aliphatic heterocycles. The van der Waals surface area contributed by atoms with Crippen LogP contribution >= 0.6 is 0 Å². The van der Waals surface area contributed by atoms with Crippen molar-refractivity contribution >= 4 is 11.8 Å². The Kier molecular flexibility index (Phi) is 4.94. The summed E-state index contributed by atoms with van der Waals surface area (Å²) in [4.78, 5) is 13.0. The van der Waals surface area contributed by atoms with Crippen molar-refractivity contribution in [3.63, 3.8) is 0 Å². The molecule has 1 spiro atoms. The standard InChI is InChI=1S/C18H24N6O2/c1-23(9-4-15-2-7-19-8-3-15)16-14-20-22-17(21-16)24-10-5-18(6-11-24)25-12-13-26-18/h2-3,7-8,14H,4-6,9-13H2,1H3. The molecule has 138 valence electrons. The lowest BCUT2D eigenvalue weighted by Crippen LogP contribution is -2.45. The summed E-state index contributed by atoms with van der Waals surface area (Å²) < 4.78 is 11.6. The second kappa shape index (κ2) is 7.51. The zero-order valence-corrected chi connectivity index (χ0v) is 15.0. The Morgan fingerprint density at radius 1 is 1.15 bits per heavy atom. The van der Waals surface area contributed by atoms with E-state index in [-0.39, 0.29) is 5.79 Å². The molecule has 0 N–H and O–H groups in total. The Bertz CT molecular complexity index is 713. The van der Waals surface area contributed by atoms with Crippen LogP contribution in [0.25, 0.3) is 0 Å². The van der Waals surface area contributed by atoms with E-state index in [0.717, 1.165) is 44.7 Å². The lowest BCUT2D eigenvalue weighted by Gasteiger charge is -2.37. The smallest absolute Gasteiger partial charge is 0.247 e.